The van der Waals surface area contributed by atoms with Crippen LogP contribution in [0.4, 0.5) is 4.39 Å². The molecule has 1 N–H and O–H groups in total. The van der Waals surface area contributed by atoms with Gasteiger partial charge in [-0.2, -0.15) is 0 Å². The van der Waals surface area contributed by atoms with Gasteiger partial charge in [0.05, 0.1) is 12.7 Å². The van der Waals surface area contributed by atoms with Crippen LogP contribution >= 0.6 is 0 Å². The van der Waals surface area contributed by atoms with Crippen molar-refractivity contribution >= 4 is 0 Å². The summed E-state index contributed by atoms with van der Waals surface area (Å²) in [6.07, 6.45) is -0.866. The smallest absolute Gasteiger partial charge is 0.163 e. The zero-order valence-corrected chi connectivity index (χ0v) is 10.9. The van der Waals surface area contributed by atoms with Gasteiger partial charge in [-0.25, -0.2) is 4.39 Å². The molecule has 1 fully saturated rings. The second-order valence-electron chi connectivity index (χ2n) is 5.46. The van der Waals surface area contributed by atoms with Crippen molar-refractivity contribution in [3.63, 3.8) is 0 Å². The number of aliphatic hydroxyl groups excluding tert-OH is 1. The molecule has 2 heterocycles. The molecule has 5 heteroatoms. The molecule has 1 aromatic rings. The fourth-order valence-corrected chi connectivity index (χ4v) is 2.57. The average molecular weight is 268 g/mol. The first-order chi connectivity index (χ1) is 8.94. The number of ether oxygens (including phenoxy) is 3. The molecule has 1 unspecified atom stereocenters. The highest BCUT2D eigenvalue weighted by molar-refractivity contribution is 5.37. The van der Waals surface area contributed by atoms with E-state index < -0.39 is 11.9 Å². The van der Waals surface area contributed by atoms with Gasteiger partial charge in [-0.05, 0) is 32.0 Å². The quantitative estimate of drug-likeness (QED) is 0.848. The molecule has 3 atom stereocenters. The molecule has 0 spiro atoms. The number of benzene rings is 1. The van der Waals surface area contributed by atoms with Gasteiger partial charge in [-0.3, -0.25) is 0 Å². The molecule has 0 aliphatic carbocycles. The zero-order valence-electron chi connectivity index (χ0n) is 10.9. The highest BCUT2D eigenvalue weighted by Crippen LogP contribution is 2.38. The van der Waals surface area contributed by atoms with Crippen LogP contribution in [0.3, 0.4) is 0 Å². The topological polar surface area (TPSA) is 47.9 Å². The van der Waals surface area contributed by atoms with Gasteiger partial charge in [-0.1, -0.05) is 0 Å². The Hall–Kier alpha value is -1.17. The molecule has 2 aliphatic heterocycles. The summed E-state index contributed by atoms with van der Waals surface area (Å²) in [5.74, 6) is -0.484. The molecule has 0 amide bonds. The van der Waals surface area contributed by atoms with E-state index in [1.165, 1.54) is 12.1 Å². The Labute approximate surface area is 111 Å². The van der Waals surface area contributed by atoms with Crippen LogP contribution in [0.2, 0.25) is 0 Å². The van der Waals surface area contributed by atoms with Gasteiger partial charge < -0.3 is 19.3 Å². The molecule has 0 bridgehead atoms. The van der Waals surface area contributed by atoms with Crippen LogP contribution in [0, 0.1) is 5.82 Å². The van der Waals surface area contributed by atoms with Crippen molar-refractivity contribution in [3.05, 3.63) is 29.6 Å². The molecule has 2 aliphatic rings. The Bertz CT molecular complexity index is 488. The lowest BCUT2D eigenvalue weighted by Gasteiger charge is -2.32. The standard InChI is InChI=1S/C14H17FO4/c1-14(2)17-7-13(19-14)12-6-10(16)9-5-8(15)3-4-11(9)18-12/h3-5,10,12-13,16H,6-7H2,1-2H3/t10?,12-,13+/m1/s1. The Morgan fingerprint density at radius 1 is 1.32 bits per heavy atom. The second-order valence-corrected chi connectivity index (χ2v) is 5.46. The van der Waals surface area contributed by atoms with Crippen LogP contribution in [-0.4, -0.2) is 29.7 Å². The van der Waals surface area contributed by atoms with E-state index in [4.69, 9.17) is 14.2 Å². The van der Waals surface area contributed by atoms with E-state index in [9.17, 15) is 9.50 Å². The number of halogens is 1. The van der Waals surface area contributed by atoms with Crippen molar-refractivity contribution in [1.82, 2.24) is 0 Å². The van der Waals surface area contributed by atoms with Gasteiger partial charge >= 0.3 is 0 Å². The first kappa shape index (κ1) is 12.8. The Balaban J connectivity index is 1.80. The van der Waals surface area contributed by atoms with Crippen molar-refractivity contribution in [2.75, 3.05) is 6.61 Å². The maximum absolute atomic E-state index is 13.2. The maximum atomic E-state index is 13.2. The first-order valence-corrected chi connectivity index (χ1v) is 6.40. The van der Waals surface area contributed by atoms with Gasteiger partial charge in [0.1, 0.15) is 23.8 Å². The Kier molecular flexibility index (Phi) is 3.00. The summed E-state index contributed by atoms with van der Waals surface area (Å²) in [6, 6.07) is 4.18. The van der Waals surface area contributed by atoms with Crippen molar-refractivity contribution in [2.24, 2.45) is 0 Å². The summed E-state index contributed by atoms with van der Waals surface area (Å²) in [4.78, 5) is 0. The Morgan fingerprint density at radius 2 is 2.11 bits per heavy atom. The number of hydrogen-bond acceptors (Lipinski definition) is 4. The monoisotopic (exact) mass is 268 g/mol. The highest BCUT2D eigenvalue weighted by Gasteiger charge is 2.41. The molecule has 104 valence electrons. The molecular formula is C14H17FO4. The fourth-order valence-electron chi connectivity index (χ4n) is 2.57. The highest BCUT2D eigenvalue weighted by atomic mass is 19.1. The molecule has 0 saturated carbocycles. The molecule has 1 saturated heterocycles. The van der Waals surface area contributed by atoms with Crippen LogP contribution < -0.4 is 4.74 Å². The molecule has 3 rings (SSSR count). The number of fused-ring (bicyclic) bond motifs is 1. The van der Waals surface area contributed by atoms with E-state index in [0.29, 0.717) is 24.3 Å². The van der Waals surface area contributed by atoms with Crippen LogP contribution in [0.25, 0.3) is 0 Å². The molecule has 0 radical (unpaired) electrons. The third kappa shape index (κ3) is 2.45. The fraction of sp³-hybridized carbons (Fsp3) is 0.571. The lowest BCUT2D eigenvalue weighted by molar-refractivity contribution is -0.152. The van der Waals surface area contributed by atoms with Crippen molar-refractivity contribution in [2.45, 2.75) is 44.4 Å². The minimum atomic E-state index is -0.739. The molecular weight excluding hydrogens is 251 g/mol. The van der Waals surface area contributed by atoms with Gasteiger partial charge in [0.25, 0.3) is 0 Å². The largest absolute Gasteiger partial charge is 0.487 e. The van der Waals surface area contributed by atoms with Crippen molar-refractivity contribution < 1.29 is 23.7 Å². The summed E-state index contributed by atoms with van der Waals surface area (Å²) < 4.78 is 30.2. The van der Waals surface area contributed by atoms with E-state index in [-0.39, 0.29) is 18.0 Å². The third-order valence-electron chi connectivity index (χ3n) is 3.51. The third-order valence-corrected chi connectivity index (χ3v) is 3.51. The molecule has 0 aromatic heterocycles. The van der Waals surface area contributed by atoms with Gasteiger partial charge in [0, 0.05) is 12.0 Å². The summed E-state index contributed by atoms with van der Waals surface area (Å²) in [7, 11) is 0. The summed E-state index contributed by atoms with van der Waals surface area (Å²) in [6.45, 7) is 4.12. The lowest BCUT2D eigenvalue weighted by Crippen LogP contribution is -2.39. The van der Waals surface area contributed by atoms with E-state index >= 15 is 0 Å². The second kappa shape index (κ2) is 4.44. The minimum Gasteiger partial charge on any atom is -0.487 e. The van der Waals surface area contributed by atoms with Crippen LogP contribution in [-0.2, 0) is 9.47 Å². The molecule has 19 heavy (non-hydrogen) atoms. The first-order valence-electron chi connectivity index (χ1n) is 6.40. The van der Waals surface area contributed by atoms with Gasteiger partial charge in [0.2, 0.25) is 0 Å². The van der Waals surface area contributed by atoms with Gasteiger partial charge in [-0.15, -0.1) is 0 Å². The van der Waals surface area contributed by atoms with Crippen molar-refractivity contribution in [1.29, 1.82) is 0 Å². The number of aliphatic hydroxyl groups is 1. The van der Waals surface area contributed by atoms with E-state index in [1.807, 2.05) is 13.8 Å². The predicted molar refractivity (Wildman–Crippen MR) is 65.3 cm³/mol. The van der Waals surface area contributed by atoms with E-state index in [1.54, 1.807) is 6.07 Å². The average Bonchev–Trinajstić information content (AvgIpc) is 2.70. The SMILES string of the molecule is CC1(C)OC[C@@H]([C@H]2CC(O)c3cc(F)ccc3O2)O1. The minimum absolute atomic E-state index is 0.220. The van der Waals surface area contributed by atoms with Crippen LogP contribution in [0.5, 0.6) is 5.75 Å². The van der Waals surface area contributed by atoms with Crippen LogP contribution in [0.1, 0.15) is 31.9 Å². The number of rotatable bonds is 1. The summed E-state index contributed by atoms with van der Waals surface area (Å²) in [5.41, 5.74) is 0.495. The molecule has 4 nitrogen and oxygen atoms in total. The summed E-state index contributed by atoms with van der Waals surface area (Å²) in [5, 5.41) is 10.1. The van der Waals surface area contributed by atoms with Crippen LogP contribution in [0.15, 0.2) is 18.2 Å². The van der Waals surface area contributed by atoms with Gasteiger partial charge in [0.15, 0.2) is 5.79 Å². The molecule has 1 aromatic carbocycles. The zero-order chi connectivity index (χ0) is 13.6. The Morgan fingerprint density at radius 3 is 2.79 bits per heavy atom. The normalized spacial score (nSPS) is 32.7. The number of hydrogen-bond donors (Lipinski definition) is 1. The maximum Gasteiger partial charge on any atom is 0.163 e. The summed E-state index contributed by atoms with van der Waals surface area (Å²) >= 11 is 0. The lowest BCUT2D eigenvalue weighted by atomic mass is 9.96. The predicted octanol–water partition coefficient (Wildman–Crippen LogP) is 2.16. The van der Waals surface area contributed by atoms with E-state index in [2.05, 4.69) is 0 Å². The van der Waals surface area contributed by atoms with Crippen molar-refractivity contribution in [3.8, 4) is 5.75 Å². The van der Waals surface area contributed by atoms with E-state index in [0.717, 1.165) is 0 Å².